The summed E-state index contributed by atoms with van der Waals surface area (Å²) >= 11 is 0. The molecule has 0 aromatic carbocycles. The molecule has 3 fully saturated rings. The molecule has 0 amide bonds. The van der Waals surface area contributed by atoms with Crippen molar-refractivity contribution in [3.63, 3.8) is 0 Å². The van der Waals surface area contributed by atoms with E-state index in [0.717, 1.165) is 32.1 Å². The van der Waals surface area contributed by atoms with Gasteiger partial charge in [0.05, 0.1) is 11.5 Å². The molecule has 3 nitrogen and oxygen atoms in total. The van der Waals surface area contributed by atoms with Gasteiger partial charge in [-0.3, -0.25) is 4.79 Å². The van der Waals surface area contributed by atoms with Crippen LogP contribution in [0.25, 0.3) is 0 Å². The van der Waals surface area contributed by atoms with Gasteiger partial charge in [-0.15, -0.1) is 0 Å². The molecule has 5 unspecified atom stereocenters. The van der Waals surface area contributed by atoms with E-state index < -0.39 is 11.7 Å². The number of carbonyl (C=O) groups excluding carboxylic acids is 1. The number of rotatable bonds is 1. The summed E-state index contributed by atoms with van der Waals surface area (Å²) in [5, 5.41) is 11.0. The molecular formula is C20H30O3. The summed E-state index contributed by atoms with van der Waals surface area (Å²) in [5.41, 5.74) is 0.369. The van der Waals surface area contributed by atoms with Crippen molar-refractivity contribution < 1.29 is 14.6 Å². The third kappa shape index (κ3) is 1.78. The lowest BCUT2D eigenvalue weighted by Crippen LogP contribution is -2.61. The maximum absolute atomic E-state index is 13.1. The Labute approximate surface area is 139 Å². The number of esters is 1. The first-order valence-corrected chi connectivity index (χ1v) is 9.37. The number of allylic oxidation sites excluding steroid dienone is 1. The Hall–Kier alpha value is -0.830. The van der Waals surface area contributed by atoms with Crippen molar-refractivity contribution >= 4 is 5.97 Å². The summed E-state index contributed by atoms with van der Waals surface area (Å²) in [7, 11) is 0. The minimum Gasteiger partial charge on any atom is -0.451 e. The number of aliphatic hydroxyl groups excluding tert-OH is 1. The van der Waals surface area contributed by atoms with Crippen LogP contribution in [0.1, 0.15) is 66.2 Å². The van der Waals surface area contributed by atoms with Crippen LogP contribution in [0, 0.1) is 28.6 Å². The summed E-state index contributed by atoms with van der Waals surface area (Å²) < 4.78 is 6.06. The molecule has 4 aliphatic rings. The van der Waals surface area contributed by atoms with Gasteiger partial charge in [0.1, 0.15) is 0 Å². The van der Waals surface area contributed by atoms with Gasteiger partial charge in [-0.1, -0.05) is 39.7 Å². The zero-order chi connectivity index (χ0) is 16.6. The summed E-state index contributed by atoms with van der Waals surface area (Å²) in [6.45, 7) is 8.94. The van der Waals surface area contributed by atoms with Crippen LogP contribution in [0.4, 0.5) is 0 Å². The predicted molar refractivity (Wildman–Crippen MR) is 88.6 cm³/mol. The van der Waals surface area contributed by atoms with Crippen LogP contribution >= 0.6 is 0 Å². The fourth-order valence-electron chi connectivity index (χ4n) is 6.49. The SMILES string of the molecule is CC(C)C1=CC23OC(=O)C4(CCCC(C)(C)C4CC2O)C3CC1. The van der Waals surface area contributed by atoms with Gasteiger partial charge in [0.2, 0.25) is 0 Å². The third-order valence-electron chi connectivity index (χ3n) is 7.65. The van der Waals surface area contributed by atoms with Crippen LogP contribution in [-0.2, 0) is 9.53 Å². The van der Waals surface area contributed by atoms with Crippen molar-refractivity contribution in [2.45, 2.75) is 77.9 Å². The molecule has 3 aliphatic carbocycles. The van der Waals surface area contributed by atoms with Gasteiger partial charge in [0.25, 0.3) is 0 Å². The predicted octanol–water partition coefficient (Wildman–Crippen LogP) is 3.85. The van der Waals surface area contributed by atoms with E-state index in [4.69, 9.17) is 4.74 Å². The molecule has 2 bridgehead atoms. The molecule has 1 heterocycles. The highest BCUT2D eigenvalue weighted by molar-refractivity contribution is 5.83. The number of aliphatic hydroxyl groups is 1. The normalized spacial score (nSPS) is 47.7. The topological polar surface area (TPSA) is 46.5 Å². The van der Waals surface area contributed by atoms with Gasteiger partial charge < -0.3 is 9.84 Å². The highest BCUT2D eigenvalue weighted by Gasteiger charge is 2.74. The van der Waals surface area contributed by atoms with Crippen molar-refractivity contribution in [2.75, 3.05) is 0 Å². The van der Waals surface area contributed by atoms with E-state index >= 15 is 0 Å². The fourth-order valence-corrected chi connectivity index (χ4v) is 6.49. The average Bonchev–Trinajstić information content (AvgIpc) is 2.67. The number of hydrogen-bond acceptors (Lipinski definition) is 3. The highest BCUT2D eigenvalue weighted by Crippen LogP contribution is 2.69. The quantitative estimate of drug-likeness (QED) is 0.590. The maximum atomic E-state index is 13.1. The Morgan fingerprint density at radius 2 is 2.00 bits per heavy atom. The van der Waals surface area contributed by atoms with Crippen molar-refractivity contribution in [1.29, 1.82) is 0 Å². The van der Waals surface area contributed by atoms with Gasteiger partial charge >= 0.3 is 5.97 Å². The first-order valence-electron chi connectivity index (χ1n) is 9.37. The molecule has 1 N–H and O–H groups in total. The van der Waals surface area contributed by atoms with Gasteiger partial charge in [-0.2, -0.15) is 0 Å². The van der Waals surface area contributed by atoms with Gasteiger partial charge in [0, 0.05) is 5.92 Å². The minimum absolute atomic E-state index is 0.0157. The van der Waals surface area contributed by atoms with E-state index in [2.05, 4.69) is 33.8 Å². The van der Waals surface area contributed by atoms with Crippen LogP contribution in [0.5, 0.6) is 0 Å². The van der Waals surface area contributed by atoms with Crippen LogP contribution in [-0.4, -0.2) is 22.8 Å². The first-order chi connectivity index (χ1) is 10.7. The van der Waals surface area contributed by atoms with E-state index in [-0.39, 0.29) is 28.6 Å². The largest absolute Gasteiger partial charge is 0.451 e. The van der Waals surface area contributed by atoms with Crippen LogP contribution in [0.2, 0.25) is 0 Å². The second-order valence-corrected chi connectivity index (χ2v) is 9.39. The second kappa shape index (κ2) is 4.62. The van der Waals surface area contributed by atoms with Crippen molar-refractivity contribution in [3.05, 3.63) is 11.6 Å². The lowest BCUT2D eigenvalue weighted by Gasteiger charge is -2.57. The summed E-state index contributed by atoms with van der Waals surface area (Å²) in [6, 6.07) is 0. The van der Waals surface area contributed by atoms with Gasteiger partial charge in [-0.25, -0.2) is 0 Å². The molecule has 1 spiro atoms. The lowest BCUT2D eigenvalue weighted by molar-refractivity contribution is -0.156. The van der Waals surface area contributed by atoms with Crippen LogP contribution in [0.3, 0.4) is 0 Å². The fraction of sp³-hybridized carbons (Fsp3) is 0.850. The minimum atomic E-state index is -0.737. The molecule has 1 aliphatic heterocycles. The van der Waals surface area contributed by atoms with Crippen LogP contribution < -0.4 is 0 Å². The smallest absolute Gasteiger partial charge is 0.313 e. The second-order valence-electron chi connectivity index (χ2n) is 9.39. The zero-order valence-electron chi connectivity index (χ0n) is 14.9. The molecule has 3 heteroatoms. The molecule has 128 valence electrons. The average molecular weight is 318 g/mol. The Kier molecular flexibility index (Phi) is 3.15. The van der Waals surface area contributed by atoms with E-state index in [1.54, 1.807) is 0 Å². The van der Waals surface area contributed by atoms with Crippen molar-refractivity contribution in [2.24, 2.45) is 28.6 Å². The maximum Gasteiger partial charge on any atom is 0.313 e. The molecule has 23 heavy (non-hydrogen) atoms. The van der Waals surface area contributed by atoms with Crippen LogP contribution in [0.15, 0.2) is 11.6 Å². The van der Waals surface area contributed by atoms with Crippen molar-refractivity contribution in [1.82, 2.24) is 0 Å². The number of ether oxygens (including phenoxy) is 1. The molecule has 5 atom stereocenters. The van der Waals surface area contributed by atoms with Gasteiger partial charge in [-0.05, 0) is 55.4 Å². The number of hydrogen-bond donors (Lipinski definition) is 1. The summed E-state index contributed by atoms with van der Waals surface area (Å²) in [5.74, 6) is 0.852. The summed E-state index contributed by atoms with van der Waals surface area (Å²) in [4.78, 5) is 13.1. The van der Waals surface area contributed by atoms with E-state index in [9.17, 15) is 9.90 Å². The monoisotopic (exact) mass is 318 g/mol. The Bertz CT molecular complexity index is 575. The Balaban J connectivity index is 1.86. The van der Waals surface area contributed by atoms with Crippen molar-refractivity contribution in [3.8, 4) is 0 Å². The number of carbonyl (C=O) groups is 1. The Morgan fingerprint density at radius 1 is 1.26 bits per heavy atom. The van der Waals surface area contributed by atoms with E-state index in [0.29, 0.717) is 12.3 Å². The third-order valence-corrected chi connectivity index (χ3v) is 7.65. The molecule has 2 saturated carbocycles. The standard InChI is InChI=1S/C20H30O3/c1-12(2)13-6-7-14-19-9-5-8-18(3,4)15(19)10-16(21)20(14,11-13)23-17(19)22/h11-12,14-16,21H,5-10H2,1-4H3. The zero-order valence-corrected chi connectivity index (χ0v) is 14.9. The van der Waals surface area contributed by atoms with E-state index in [1.165, 1.54) is 5.57 Å². The van der Waals surface area contributed by atoms with Gasteiger partial charge in [0.15, 0.2) is 5.60 Å². The van der Waals surface area contributed by atoms with E-state index in [1.807, 2.05) is 0 Å². The molecule has 0 aromatic heterocycles. The molecular weight excluding hydrogens is 288 g/mol. The highest BCUT2D eigenvalue weighted by atomic mass is 16.6. The molecule has 0 aromatic rings. The Morgan fingerprint density at radius 3 is 2.70 bits per heavy atom. The summed E-state index contributed by atoms with van der Waals surface area (Å²) in [6.07, 6.45) is 7.53. The molecule has 0 radical (unpaired) electrons. The lowest BCUT2D eigenvalue weighted by atomic mass is 9.44. The molecule has 1 saturated heterocycles. The first kappa shape index (κ1) is 15.7. The molecule has 4 rings (SSSR count).